The molecular weight excluding hydrogens is 337 g/mol. The van der Waals surface area contributed by atoms with E-state index in [4.69, 9.17) is 0 Å². The molecule has 1 aromatic carbocycles. The van der Waals surface area contributed by atoms with E-state index in [9.17, 15) is 14.0 Å². The summed E-state index contributed by atoms with van der Waals surface area (Å²) in [4.78, 5) is 29.2. The fourth-order valence-corrected chi connectivity index (χ4v) is 2.95. The number of aryl methyl sites for hydroxylation is 3. The number of hydrogen-bond donors (Lipinski definition) is 1. The Kier molecular flexibility index (Phi) is 4.58. The SMILES string of the molecule is Cc1nn(C)c(C)c1CNC(=O)Cn1c(C)nc2ccc(F)cc2c1=O. The second kappa shape index (κ2) is 6.70. The van der Waals surface area contributed by atoms with Crippen LogP contribution in [0.15, 0.2) is 23.0 Å². The maximum Gasteiger partial charge on any atom is 0.261 e. The Balaban J connectivity index is 1.82. The first-order valence-electron chi connectivity index (χ1n) is 8.20. The van der Waals surface area contributed by atoms with Crippen LogP contribution in [0, 0.1) is 26.6 Å². The molecule has 1 N–H and O–H groups in total. The van der Waals surface area contributed by atoms with Crippen LogP contribution in [0.5, 0.6) is 0 Å². The van der Waals surface area contributed by atoms with E-state index in [0.29, 0.717) is 17.9 Å². The van der Waals surface area contributed by atoms with Crippen LogP contribution in [0.25, 0.3) is 10.9 Å². The summed E-state index contributed by atoms with van der Waals surface area (Å²) in [7, 11) is 1.84. The Morgan fingerprint density at radius 3 is 2.65 bits per heavy atom. The monoisotopic (exact) mass is 357 g/mol. The molecule has 136 valence electrons. The second-order valence-corrected chi connectivity index (χ2v) is 6.26. The lowest BCUT2D eigenvalue weighted by molar-refractivity contribution is -0.121. The summed E-state index contributed by atoms with van der Waals surface area (Å²) in [5.74, 6) is -0.438. The second-order valence-electron chi connectivity index (χ2n) is 6.26. The number of halogens is 1. The van der Waals surface area contributed by atoms with Crippen molar-refractivity contribution in [2.24, 2.45) is 7.05 Å². The van der Waals surface area contributed by atoms with Crippen molar-refractivity contribution in [3.8, 4) is 0 Å². The molecule has 0 fully saturated rings. The lowest BCUT2D eigenvalue weighted by Gasteiger charge is -2.11. The average molecular weight is 357 g/mol. The minimum Gasteiger partial charge on any atom is -0.350 e. The van der Waals surface area contributed by atoms with E-state index in [1.165, 1.54) is 16.7 Å². The van der Waals surface area contributed by atoms with Gasteiger partial charge in [0.05, 0.1) is 16.6 Å². The van der Waals surface area contributed by atoms with Gasteiger partial charge < -0.3 is 5.32 Å². The summed E-state index contributed by atoms with van der Waals surface area (Å²) in [6, 6.07) is 3.85. The number of fused-ring (bicyclic) bond motifs is 1. The zero-order chi connectivity index (χ0) is 19.0. The molecule has 0 aliphatic rings. The van der Waals surface area contributed by atoms with Crippen molar-refractivity contribution in [3.05, 3.63) is 57.1 Å². The molecule has 0 atom stereocenters. The summed E-state index contributed by atoms with van der Waals surface area (Å²) in [5, 5.41) is 7.27. The molecule has 0 radical (unpaired) electrons. The molecule has 0 bridgehead atoms. The van der Waals surface area contributed by atoms with E-state index in [0.717, 1.165) is 23.0 Å². The highest BCUT2D eigenvalue weighted by Crippen LogP contribution is 2.12. The normalized spacial score (nSPS) is 11.1. The summed E-state index contributed by atoms with van der Waals surface area (Å²) >= 11 is 0. The van der Waals surface area contributed by atoms with Gasteiger partial charge in [0.25, 0.3) is 5.56 Å². The zero-order valence-corrected chi connectivity index (χ0v) is 15.1. The van der Waals surface area contributed by atoms with Crippen molar-refractivity contribution in [3.63, 3.8) is 0 Å². The molecule has 3 aromatic rings. The van der Waals surface area contributed by atoms with Gasteiger partial charge in [0, 0.05) is 24.8 Å². The molecule has 0 saturated carbocycles. The Hall–Kier alpha value is -3.03. The highest BCUT2D eigenvalue weighted by atomic mass is 19.1. The van der Waals surface area contributed by atoms with Crippen LogP contribution < -0.4 is 10.9 Å². The third kappa shape index (κ3) is 3.22. The Labute approximate surface area is 149 Å². The Morgan fingerprint density at radius 2 is 2.00 bits per heavy atom. The summed E-state index contributed by atoms with van der Waals surface area (Å²) in [6.07, 6.45) is 0. The van der Waals surface area contributed by atoms with Crippen LogP contribution >= 0.6 is 0 Å². The fraction of sp³-hybridized carbons (Fsp3) is 0.333. The average Bonchev–Trinajstić information content (AvgIpc) is 2.83. The number of rotatable bonds is 4. The molecule has 8 heteroatoms. The molecule has 2 heterocycles. The summed E-state index contributed by atoms with van der Waals surface area (Å²) in [5.41, 5.74) is 2.74. The Morgan fingerprint density at radius 1 is 1.27 bits per heavy atom. The first-order chi connectivity index (χ1) is 12.3. The van der Waals surface area contributed by atoms with E-state index < -0.39 is 11.4 Å². The molecule has 3 rings (SSSR count). The number of amides is 1. The van der Waals surface area contributed by atoms with E-state index in [1.54, 1.807) is 11.6 Å². The molecule has 0 aliphatic heterocycles. The molecule has 0 unspecified atom stereocenters. The van der Waals surface area contributed by atoms with Crippen LogP contribution in [-0.2, 0) is 24.9 Å². The van der Waals surface area contributed by atoms with Gasteiger partial charge in [-0.25, -0.2) is 9.37 Å². The van der Waals surface area contributed by atoms with E-state index in [-0.39, 0.29) is 17.8 Å². The highest BCUT2D eigenvalue weighted by molar-refractivity contribution is 5.79. The molecule has 0 saturated heterocycles. The minimum absolute atomic E-state index is 0.155. The van der Waals surface area contributed by atoms with Crippen LogP contribution in [-0.4, -0.2) is 25.2 Å². The predicted molar refractivity (Wildman–Crippen MR) is 95.2 cm³/mol. The van der Waals surface area contributed by atoms with Gasteiger partial charge in [-0.3, -0.25) is 18.8 Å². The number of benzene rings is 1. The predicted octanol–water partition coefficient (Wildman–Crippen LogP) is 1.51. The van der Waals surface area contributed by atoms with Crippen LogP contribution in [0.1, 0.15) is 22.8 Å². The smallest absolute Gasteiger partial charge is 0.261 e. The third-order valence-electron chi connectivity index (χ3n) is 4.53. The van der Waals surface area contributed by atoms with Crippen molar-refractivity contribution in [1.29, 1.82) is 0 Å². The first-order valence-corrected chi connectivity index (χ1v) is 8.20. The summed E-state index contributed by atoms with van der Waals surface area (Å²) < 4.78 is 16.4. The molecule has 26 heavy (non-hydrogen) atoms. The molecule has 0 spiro atoms. The maximum atomic E-state index is 13.4. The standard InChI is InChI=1S/C18H20FN5O2/c1-10-15(11(2)23(4)22-10)8-20-17(25)9-24-12(3)21-16-6-5-13(19)7-14(16)18(24)26/h5-7H,8-9H2,1-4H3,(H,20,25). The lowest BCUT2D eigenvalue weighted by atomic mass is 10.2. The van der Waals surface area contributed by atoms with Gasteiger partial charge >= 0.3 is 0 Å². The highest BCUT2D eigenvalue weighted by Gasteiger charge is 2.14. The van der Waals surface area contributed by atoms with Gasteiger partial charge in [-0.2, -0.15) is 5.10 Å². The number of carbonyl (C=O) groups is 1. The summed E-state index contributed by atoms with van der Waals surface area (Å²) in [6.45, 7) is 5.60. The van der Waals surface area contributed by atoms with Gasteiger partial charge in [0.2, 0.25) is 5.91 Å². The van der Waals surface area contributed by atoms with Crippen molar-refractivity contribution >= 4 is 16.8 Å². The number of aromatic nitrogens is 4. The van der Waals surface area contributed by atoms with E-state index in [2.05, 4.69) is 15.4 Å². The lowest BCUT2D eigenvalue weighted by Crippen LogP contribution is -2.34. The van der Waals surface area contributed by atoms with Crippen molar-refractivity contribution in [2.45, 2.75) is 33.9 Å². The largest absolute Gasteiger partial charge is 0.350 e. The van der Waals surface area contributed by atoms with Gasteiger partial charge in [-0.15, -0.1) is 0 Å². The van der Waals surface area contributed by atoms with Gasteiger partial charge in [-0.05, 0) is 39.0 Å². The molecule has 1 amide bonds. The minimum atomic E-state index is -0.515. The van der Waals surface area contributed by atoms with E-state index in [1.807, 2.05) is 20.9 Å². The molecule has 0 aliphatic carbocycles. The van der Waals surface area contributed by atoms with Crippen molar-refractivity contribution in [2.75, 3.05) is 0 Å². The van der Waals surface area contributed by atoms with Crippen molar-refractivity contribution < 1.29 is 9.18 Å². The van der Waals surface area contributed by atoms with Gasteiger partial charge in [-0.1, -0.05) is 0 Å². The molecule has 2 aromatic heterocycles. The topological polar surface area (TPSA) is 81.8 Å². The Bertz CT molecular complexity index is 1070. The maximum absolute atomic E-state index is 13.4. The third-order valence-corrected chi connectivity index (χ3v) is 4.53. The zero-order valence-electron chi connectivity index (χ0n) is 15.1. The fourth-order valence-electron chi connectivity index (χ4n) is 2.95. The molecular formula is C18H20FN5O2. The van der Waals surface area contributed by atoms with Crippen LogP contribution in [0.3, 0.4) is 0 Å². The number of nitrogens with zero attached hydrogens (tertiary/aromatic N) is 4. The van der Waals surface area contributed by atoms with Crippen LogP contribution in [0.4, 0.5) is 4.39 Å². The first kappa shape index (κ1) is 17.8. The number of hydrogen-bond acceptors (Lipinski definition) is 4. The number of nitrogens with one attached hydrogen (secondary N) is 1. The van der Waals surface area contributed by atoms with Gasteiger partial charge in [0.15, 0.2) is 0 Å². The van der Waals surface area contributed by atoms with Crippen molar-refractivity contribution in [1.82, 2.24) is 24.6 Å². The van der Waals surface area contributed by atoms with Gasteiger partial charge in [0.1, 0.15) is 18.2 Å². The molecule has 7 nitrogen and oxygen atoms in total. The quantitative estimate of drug-likeness (QED) is 0.767. The number of carbonyl (C=O) groups excluding carboxylic acids is 1. The van der Waals surface area contributed by atoms with Crippen LogP contribution in [0.2, 0.25) is 0 Å². The van der Waals surface area contributed by atoms with E-state index >= 15 is 0 Å².